The Bertz CT molecular complexity index is 1740. The molecule has 1 spiro atoms. The van der Waals surface area contributed by atoms with Crippen LogP contribution >= 0.6 is 0 Å². The molecular formula is C32H32N8. The molecule has 2 aromatic carbocycles. The molecule has 5 aromatic rings. The minimum atomic E-state index is -0.214. The first-order valence-corrected chi connectivity index (χ1v) is 14.1. The summed E-state index contributed by atoms with van der Waals surface area (Å²) in [6.45, 7) is 4.47. The molecule has 40 heavy (non-hydrogen) atoms. The molecule has 1 saturated carbocycles. The van der Waals surface area contributed by atoms with Crippen LogP contribution in [0.1, 0.15) is 24.8 Å². The Labute approximate surface area is 233 Å². The molecule has 8 heteroatoms. The molecule has 8 nitrogen and oxygen atoms in total. The number of hydrogen-bond acceptors (Lipinski definition) is 7. The molecular weight excluding hydrogens is 496 g/mol. The second-order valence-electron chi connectivity index (χ2n) is 11.8. The van der Waals surface area contributed by atoms with Crippen LogP contribution in [0, 0.1) is 5.41 Å². The third-order valence-corrected chi connectivity index (χ3v) is 9.09. The van der Waals surface area contributed by atoms with Crippen molar-refractivity contribution in [1.29, 1.82) is 0 Å². The zero-order valence-corrected chi connectivity index (χ0v) is 22.3. The molecule has 3 aromatic heterocycles. The number of fused-ring (bicyclic) bond motifs is 1. The number of nitrogens with one attached hydrogen (secondary N) is 1. The molecule has 0 radical (unpaired) electrons. The van der Waals surface area contributed by atoms with Crippen molar-refractivity contribution in [3.63, 3.8) is 0 Å². The van der Waals surface area contributed by atoms with E-state index in [2.05, 4.69) is 74.4 Å². The highest BCUT2D eigenvalue weighted by Gasteiger charge is 2.47. The van der Waals surface area contributed by atoms with Crippen molar-refractivity contribution in [3.8, 4) is 28.3 Å². The van der Waals surface area contributed by atoms with Gasteiger partial charge in [-0.25, -0.2) is 15.0 Å². The quantitative estimate of drug-likeness (QED) is 0.308. The van der Waals surface area contributed by atoms with E-state index >= 15 is 0 Å². The number of anilines is 2. The van der Waals surface area contributed by atoms with E-state index in [0.717, 1.165) is 78.5 Å². The number of imidazole rings is 1. The standard InChI is InChI=1S/C32H32N8/c33-28-25(6-2-15-36-28)29-38-27-12-11-26(21-4-1-5-24(16-21)39-19-31(20-39)17-35-18-31)37-30(27)40(29)23-9-7-22(8-10-23)32(34)13-3-14-32/h1-2,4-12,15-16,35H,3,13-14,17-20,34H2,(H2,33,36). The molecule has 3 fully saturated rings. The number of nitrogens with zero attached hydrogens (tertiary/aromatic N) is 5. The Balaban J connectivity index is 1.23. The zero-order valence-electron chi connectivity index (χ0n) is 22.3. The lowest BCUT2D eigenvalue weighted by atomic mass is 9.73. The average molecular weight is 529 g/mol. The number of nitrogen functional groups attached to an aromatic ring is 1. The first kappa shape index (κ1) is 23.6. The summed E-state index contributed by atoms with van der Waals surface area (Å²) in [6.07, 6.45) is 4.93. The van der Waals surface area contributed by atoms with Gasteiger partial charge in [-0.05, 0) is 73.4 Å². The average Bonchev–Trinajstić information content (AvgIpc) is 3.29. The Morgan fingerprint density at radius 2 is 1.68 bits per heavy atom. The molecule has 3 aliphatic rings. The lowest BCUT2D eigenvalue weighted by Gasteiger charge is -2.57. The van der Waals surface area contributed by atoms with E-state index < -0.39 is 0 Å². The fourth-order valence-electron chi connectivity index (χ4n) is 6.45. The summed E-state index contributed by atoms with van der Waals surface area (Å²) in [5.74, 6) is 1.16. The zero-order chi connectivity index (χ0) is 26.9. The van der Waals surface area contributed by atoms with Gasteiger partial charge in [0, 0.05) is 60.3 Å². The predicted octanol–water partition coefficient (Wildman–Crippen LogP) is 4.48. The van der Waals surface area contributed by atoms with Gasteiger partial charge >= 0.3 is 0 Å². The molecule has 0 atom stereocenters. The van der Waals surface area contributed by atoms with Crippen molar-refractivity contribution >= 4 is 22.7 Å². The number of aromatic nitrogens is 4. The van der Waals surface area contributed by atoms with Crippen LogP contribution in [-0.4, -0.2) is 45.7 Å². The van der Waals surface area contributed by atoms with Crippen LogP contribution in [0.5, 0.6) is 0 Å². The number of nitrogens with two attached hydrogens (primary N) is 2. The summed E-state index contributed by atoms with van der Waals surface area (Å²) in [4.78, 5) is 17.0. The van der Waals surface area contributed by atoms with Crippen LogP contribution in [0.3, 0.4) is 0 Å². The molecule has 0 unspecified atom stereocenters. The first-order valence-electron chi connectivity index (χ1n) is 14.1. The Morgan fingerprint density at radius 3 is 2.38 bits per heavy atom. The molecule has 200 valence electrons. The summed E-state index contributed by atoms with van der Waals surface area (Å²) in [5, 5.41) is 3.42. The number of hydrogen-bond donors (Lipinski definition) is 3. The summed E-state index contributed by atoms with van der Waals surface area (Å²) >= 11 is 0. The second kappa shape index (κ2) is 8.61. The molecule has 5 heterocycles. The Hall–Kier alpha value is -4.27. The van der Waals surface area contributed by atoms with Crippen molar-refractivity contribution in [3.05, 3.63) is 84.6 Å². The monoisotopic (exact) mass is 528 g/mol. The Morgan fingerprint density at radius 1 is 0.850 bits per heavy atom. The van der Waals surface area contributed by atoms with Gasteiger partial charge in [0.05, 0.1) is 11.3 Å². The van der Waals surface area contributed by atoms with Gasteiger partial charge in [-0.1, -0.05) is 24.3 Å². The number of pyridine rings is 2. The van der Waals surface area contributed by atoms with Crippen LogP contribution in [0.15, 0.2) is 79.0 Å². The van der Waals surface area contributed by atoms with Gasteiger partial charge in [0.1, 0.15) is 11.3 Å². The topological polar surface area (TPSA) is 111 Å². The largest absolute Gasteiger partial charge is 0.383 e. The number of benzene rings is 2. The van der Waals surface area contributed by atoms with Gasteiger partial charge in [0.25, 0.3) is 0 Å². The summed E-state index contributed by atoms with van der Waals surface area (Å²) in [5.41, 5.74) is 21.0. The fraction of sp³-hybridized carbons (Fsp3) is 0.281. The smallest absolute Gasteiger partial charge is 0.165 e. The van der Waals surface area contributed by atoms with E-state index in [0.29, 0.717) is 11.2 Å². The highest BCUT2D eigenvalue weighted by molar-refractivity contribution is 5.85. The molecule has 0 amide bonds. The van der Waals surface area contributed by atoms with E-state index in [1.54, 1.807) is 6.20 Å². The summed E-state index contributed by atoms with van der Waals surface area (Å²) in [7, 11) is 0. The van der Waals surface area contributed by atoms with Gasteiger partial charge in [0.2, 0.25) is 0 Å². The summed E-state index contributed by atoms with van der Waals surface area (Å²) in [6, 6.07) is 25.2. The van der Waals surface area contributed by atoms with E-state index in [-0.39, 0.29) is 5.54 Å². The maximum Gasteiger partial charge on any atom is 0.165 e. The van der Waals surface area contributed by atoms with E-state index in [4.69, 9.17) is 21.4 Å². The number of rotatable bonds is 5. The van der Waals surface area contributed by atoms with Crippen LogP contribution in [-0.2, 0) is 5.54 Å². The fourth-order valence-corrected chi connectivity index (χ4v) is 6.45. The predicted molar refractivity (Wildman–Crippen MR) is 159 cm³/mol. The van der Waals surface area contributed by atoms with Crippen molar-refractivity contribution in [2.75, 3.05) is 36.8 Å². The molecule has 2 saturated heterocycles. The van der Waals surface area contributed by atoms with Crippen molar-refractivity contribution in [2.24, 2.45) is 11.1 Å². The Kier molecular flexibility index (Phi) is 5.08. The van der Waals surface area contributed by atoms with Gasteiger partial charge in [-0.3, -0.25) is 4.57 Å². The molecule has 2 aliphatic heterocycles. The van der Waals surface area contributed by atoms with Crippen molar-refractivity contribution in [2.45, 2.75) is 24.8 Å². The minimum absolute atomic E-state index is 0.214. The maximum atomic E-state index is 6.62. The minimum Gasteiger partial charge on any atom is -0.383 e. The van der Waals surface area contributed by atoms with Gasteiger partial charge < -0.3 is 21.7 Å². The second-order valence-corrected chi connectivity index (χ2v) is 11.8. The van der Waals surface area contributed by atoms with Gasteiger partial charge in [-0.2, -0.15) is 0 Å². The van der Waals surface area contributed by atoms with Crippen LogP contribution < -0.4 is 21.7 Å². The maximum absolute atomic E-state index is 6.62. The van der Waals surface area contributed by atoms with Gasteiger partial charge in [0.15, 0.2) is 11.5 Å². The third kappa shape index (κ3) is 3.63. The van der Waals surface area contributed by atoms with Crippen LogP contribution in [0.4, 0.5) is 11.5 Å². The van der Waals surface area contributed by atoms with Crippen molar-refractivity contribution < 1.29 is 0 Å². The highest BCUT2D eigenvalue weighted by atomic mass is 15.3. The lowest BCUT2D eigenvalue weighted by molar-refractivity contribution is 0.121. The third-order valence-electron chi connectivity index (χ3n) is 9.09. The normalized spacial score (nSPS) is 18.8. The first-order chi connectivity index (χ1) is 19.5. The lowest BCUT2D eigenvalue weighted by Crippen LogP contribution is -2.71. The molecule has 8 rings (SSSR count). The van der Waals surface area contributed by atoms with Crippen LogP contribution in [0.2, 0.25) is 0 Å². The summed E-state index contributed by atoms with van der Waals surface area (Å²) < 4.78 is 2.09. The van der Waals surface area contributed by atoms with E-state index in [9.17, 15) is 0 Å². The molecule has 5 N–H and O–H groups in total. The van der Waals surface area contributed by atoms with Gasteiger partial charge in [-0.15, -0.1) is 0 Å². The molecule has 1 aliphatic carbocycles. The van der Waals surface area contributed by atoms with E-state index in [1.807, 2.05) is 18.2 Å². The molecule has 0 bridgehead atoms. The van der Waals surface area contributed by atoms with Crippen LogP contribution in [0.25, 0.3) is 39.5 Å². The van der Waals surface area contributed by atoms with E-state index in [1.165, 1.54) is 17.7 Å². The highest BCUT2D eigenvalue weighted by Crippen LogP contribution is 2.40. The SMILES string of the molecule is Nc1ncccc1-c1nc2ccc(-c3cccc(N4CC5(CNC5)C4)c3)nc2n1-c1ccc(C2(N)CCC2)cc1. The van der Waals surface area contributed by atoms with Crippen molar-refractivity contribution in [1.82, 2.24) is 24.8 Å².